The largest absolute Gasteiger partial charge is 0.343 e. The molecule has 1 N–H and O–H groups in total. The molecular formula is C17H21N3O2S. The second-order valence-corrected chi connectivity index (χ2v) is 7.04. The number of likely N-dealkylation sites (tertiary alicyclic amines) is 1. The molecule has 122 valence electrons. The summed E-state index contributed by atoms with van der Waals surface area (Å²) in [4.78, 5) is 30.8. The van der Waals surface area contributed by atoms with Crippen LogP contribution in [0.15, 0.2) is 35.3 Å². The fraction of sp³-hybridized carbons (Fsp3) is 0.471. The maximum absolute atomic E-state index is 12.4. The van der Waals surface area contributed by atoms with Gasteiger partial charge >= 0.3 is 0 Å². The molecule has 2 aliphatic rings. The van der Waals surface area contributed by atoms with Crippen LogP contribution in [0, 0.1) is 0 Å². The van der Waals surface area contributed by atoms with Gasteiger partial charge in [0.05, 0.1) is 5.69 Å². The highest BCUT2D eigenvalue weighted by molar-refractivity contribution is 8.15. The van der Waals surface area contributed by atoms with Gasteiger partial charge in [-0.15, -0.1) is 0 Å². The molecule has 3 rings (SSSR count). The van der Waals surface area contributed by atoms with Crippen LogP contribution in [-0.4, -0.2) is 40.2 Å². The summed E-state index contributed by atoms with van der Waals surface area (Å²) in [5.41, 5.74) is 0.801. The van der Waals surface area contributed by atoms with Crippen LogP contribution in [0.5, 0.6) is 0 Å². The molecule has 2 saturated heterocycles. The van der Waals surface area contributed by atoms with Gasteiger partial charge in [0.15, 0.2) is 5.17 Å². The lowest BCUT2D eigenvalue weighted by Crippen LogP contribution is -2.35. The third-order valence-corrected chi connectivity index (χ3v) is 5.16. The van der Waals surface area contributed by atoms with Crippen LogP contribution in [0.25, 0.3) is 0 Å². The summed E-state index contributed by atoms with van der Waals surface area (Å²) in [6, 6.07) is 9.50. The molecule has 6 heteroatoms. The van der Waals surface area contributed by atoms with Gasteiger partial charge in [0, 0.05) is 19.5 Å². The van der Waals surface area contributed by atoms with Crippen LogP contribution in [-0.2, 0) is 9.59 Å². The van der Waals surface area contributed by atoms with Crippen molar-refractivity contribution in [3.05, 3.63) is 30.3 Å². The van der Waals surface area contributed by atoms with E-state index < -0.39 is 0 Å². The summed E-state index contributed by atoms with van der Waals surface area (Å²) >= 11 is 1.35. The van der Waals surface area contributed by atoms with Crippen LogP contribution in [0.2, 0.25) is 0 Å². The molecule has 1 aromatic carbocycles. The summed E-state index contributed by atoms with van der Waals surface area (Å²) < 4.78 is 0. The maximum atomic E-state index is 12.4. The highest BCUT2D eigenvalue weighted by atomic mass is 32.2. The maximum Gasteiger partial charge on any atom is 0.240 e. The number of nitrogens with one attached hydrogen (secondary N) is 1. The number of rotatable bonds is 3. The molecule has 5 nitrogen and oxygen atoms in total. The molecule has 2 amide bonds. The predicted molar refractivity (Wildman–Crippen MR) is 92.7 cm³/mol. The lowest BCUT2D eigenvalue weighted by atomic mass is 10.2. The number of thioether (sulfide) groups is 1. The Morgan fingerprint density at radius 2 is 1.87 bits per heavy atom. The minimum Gasteiger partial charge on any atom is -0.343 e. The Morgan fingerprint density at radius 1 is 1.17 bits per heavy atom. The fourth-order valence-corrected chi connectivity index (χ4v) is 3.80. The summed E-state index contributed by atoms with van der Waals surface area (Å²) in [7, 11) is 0. The quantitative estimate of drug-likeness (QED) is 0.926. The highest BCUT2D eigenvalue weighted by Gasteiger charge is 2.33. The average molecular weight is 331 g/mol. The van der Waals surface area contributed by atoms with Gasteiger partial charge < -0.3 is 10.2 Å². The second kappa shape index (κ2) is 7.64. The van der Waals surface area contributed by atoms with Crippen LogP contribution in [0.1, 0.15) is 32.1 Å². The number of hydrogen-bond donors (Lipinski definition) is 1. The first kappa shape index (κ1) is 16.1. The smallest absolute Gasteiger partial charge is 0.240 e. The number of para-hydroxylation sites is 1. The third-order valence-electron chi connectivity index (χ3n) is 4.08. The summed E-state index contributed by atoms with van der Waals surface area (Å²) in [6.45, 7) is 1.64. The Hall–Kier alpha value is -1.82. The molecule has 1 aromatic rings. The van der Waals surface area contributed by atoms with Gasteiger partial charge in [-0.05, 0) is 25.0 Å². The number of carbonyl (C=O) groups is 2. The van der Waals surface area contributed by atoms with Crippen LogP contribution >= 0.6 is 11.8 Å². The lowest BCUT2D eigenvalue weighted by molar-refractivity contribution is -0.132. The number of carbonyl (C=O) groups excluding carboxylic acids is 2. The summed E-state index contributed by atoms with van der Waals surface area (Å²) in [5, 5.41) is 2.99. The summed E-state index contributed by atoms with van der Waals surface area (Å²) in [5.74, 6) is -0.0339. The number of nitrogens with zero attached hydrogens (tertiary/aromatic N) is 2. The monoisotopic (exact) mass is 331 g/mol. The zero-order valence-corrected chi connectivity index (χ0v) is 13.8. The van der Waals surface area contributed by atoms with Gasteiger partial charge in [-0.3, -0.25) is 9.59 Å². The molecule has 0 spiro atoms. The first-order chi connectivity index (χ1) is 11.2. The molecule has 0 radical (unpaired) electrons. The van der Waals surface area contributed by atoms with Gasteiger partial charge in [0.1, 0.15) is 5.25 Å². The van der Waals surface area contributed by atoms with Crippen LogP contribution in [0.4, 0.5) is 5.69 Å². The van der Waals surface area contributed by atoms with Gasteiger partial charge in [0.25, 0.3) is 0 Å². The van der Waals surface area contributed by atoms with Crippen molar-refractivity contribution in [2.24, 2.45) is 4.99 Å². The van der Waals surface area contributed by atoms with Crippen molar-refractivity contribution in [1.29, 1.82) is 0 Å². The lowest BCUT2D eigenvalue weighted by Gasteiger charge is -2.21. The van der Waals surface area contributed by atoms with Crippen molar-refractivity contribution in [2.75, 3.05) is 13.1 Å². The van der Waals surface area contributed by atoms with E-state index in [4.69, 9.17) is 0 Å². The molecular weight excluding hydrogens is 310 g/mol. The predicted octanol–water partition coefficient (Wildman–Crippen LogP) is 2.70. The van der Waals surface area contributed by atoms with E-state index in [0.717, 1.165) is 31.6 Å². The number of amides is 2. The average Bonchev–Trinajstić information content (AvgIpc) is 2.77. The van der Waals surface area contributed by atoms with Crippen molar-refractivity contribution < 1.29 is 9.59 Å². The van der Waals surface area contributed by atoms with E-state index in [0.29, 0.717) is 5.17 Å². The number of benzene rings is 1. The molecule has 2 heterocycles. The molecule has 0 aliphatic carbocycles. The Labute approximate surface area is 140 Å². The molecule has 0 aromatic heterocycles. The van der Waals surface area contributed by atoms with Gasteiger partial charge in [-0.1, -0.05) is 42.8 Å². The second-order valence-electron chi connectivity index (χ2n) is 5.85. The molecule has 0 bridgehead atoms. The SMILES string of the molecule is O=C1NC(=Nc2ccccc2)SC1CC(=O)N1CCCCCC1. The van der Waals surface area contributed by atoms with Crippen molar-refractivity contribution in [2.45, 2.75) is 37.4 Å². The minimum absolute atomic E-state index is 0.0838. The van der Waals surface area contributed by atoms with Gasteiger partial charge in [0.2, 0.25) is 11.8 Å². The summed E-state index contributed by atoms with van der Waals surface area (Å²) in [6.07, 6.45) is 4.77. The zero-order valence-electron chi connectivity index (χ0n) is 13.0. The minimum atomic E-state index is -0.367. The first-order valence-corrected chi connectivity index (χ1v) is 8.99. The molecule has 2 aliphatic heterocycles. The van der Waals surface area contributed by atoms with E-state index in [9.17, 15) is 9.59 Å². The Kier molecular flexibility index (Phi) is 5.33. The standard InChI is InChI=1S/C17H21N3O2S/c21-15(20-10-6-1-2-7-11-20)12-14-16(22)19-17(23-14)18-13-8-4-3-5-9-13/h3-5,8-9,14H,1-2,6-7,10-12H2,(H,18,19,22). The van der Waals surface area contributed by atoms with E-state index in [1.54, 1.807) is 0 Å². The van der Waals surface area contributed by atoms with Crippen molar-refractivity contribution in [3.63, 3.8) is 0 Å². The molecule has 0 saturated carbocycles. The van der Waals surface area contributed by atoms with Crippen LogP contribution < -0.4 is 5.32 Å². The molecule has 2 fully saturated rings. The normalized spacial score (nSPS) is 23.7. The van der Waals surface area contributed by atoms with Gasteiger partial charge in [-0.2, -0.15) is 0 Å². The van der Waals surface area contributed by atoms with E-state index >= 15 is 0 Å². The molecule has 1 unspecified atom stereocenters. The molecule has 1 atom stereocenters. The third kappa shape index (κ3) is 4.34. The van der Waals surface area contributed by atoms with E-state index in [1.807, 2.05) is 35.2 Å². The van der Waals surface area contributed by atoms with E-state index in [1.165, 1.54) is 24.6 Å². The van der Waals surface area contributed by atoms with Crippen molar-refractivity contribution >= 4 is 34.4 Å². The van der Waals surface area contributed by atoms with E-state index in [-0.39, 0.29) is 23.5 Å². The van der Waals surface area contributed by atoms with Crippen molar-refractivity contribution in [1.82, 2.24) is 10.2 Å². The van der Waals surface area contributed by atoms with Crippen molar-refractivity contribution in [3.8, 4) is 0 Å². The van der Waals surface area contributed by atoms with Crippen LogP contribution in [0.3, 0.4) is 0 Å². The first-order valence-electron chi connectivity index (χ1n) is 8.11. The van der Waals surface area contributed by atoms with Gasteiger partial charge in [-0.25, -0.2) is 4.99 Å². The Morgan fingerprint density at radius 3 is 2.57 bits per heavy atom. The molecule has 23 heavy (non-hydrogen) atoms. The highest BCUT2D eigenvalue weighted by Crippen LogP contribution is 2.26. The number of amidine groups is 1. The Balaban J connectivity index is 1.59. The Bertz CT molecular complexity index is 595. The topological polar surface area (TPSA) is 61.8 Å². The number of hydrogen-bond acceptors (Lipinski definition) is 4. The fourth-order valence-electron chi connectivity index (χ4n) is 2.82. The number of aliphatic imine (C=N–C) groups is 1. The zero-order chi connectivity index (χ0) is 16.1. The van der Waals surface area contributed by atoms with E-state index in [2.05, 4.69) is 10.3 Å².